The van der Waals surface area contributed by atoms with Gasteiger partial charge in [-0.3, -0.25) is 0 Å². The molecule has 0 aromatic heterocycles. The number of hydrogen-bond donors (Lipinski definition) is 2. The van der Waals surface area contributed by atoms with E-state index in [9.17, 15) is 9.90 Å². The van der Waals surface area contributed by atoms with Gasteiger partial charge in [0.15, 0.2) is 0 Å². The molecule has 0 aliphatic heterocycles. The Hall–Kier alpha value is -0.770. The molecule has 1 aliphatic carbocycles. The number of amides is 1. The quantitative estimate of drug-likeness (QED) is 0.639. The minimum absolute atomic E-state index is 0.172. The van der Waals surface area contributed by atoms with Crippen molar-refractivity contribution in [2.45, 2.75) is 25.4 Å². The molecule has 0 spiro atoms. The third kappa shape index (κ3) is 2.70. The fourth-order valence-electron chi connectivity index (χ4n) is 1.53. The van der Waals surface area contributed by atoms with Crippen LogP contribution in [0.15, 0.2) is 0 Å². The summed E-state index contributed by atoms with van der Waals surface area (Å²) in [6, 6.07) is 0. The summed E-state index contributed by atoms with van der Waals surface area (Å²) in [7, 11) is 1.35. The van der Waals surface area contributed by atoms with Gasteiger partial charge in [0, 0.05) is 6.54 Å². The van der Waals surface area contributed by atoms with E-state index in [0.29, 0.717) is 12.5 Å². The highest BCUT2D eigenvalue weighted by Crippen LogP contribution is 2.24. The molecule has 4 nitrogen and oxygen atoms in total. The van der Waals surface area contributed by atoms with Crippen molar-refractivity contribution >= 4 is 6.09 Å². The maximum atomic E-state index is 10.7. The van der Waals surface area contributed by atoms with Gasteiger partial charge in [0.25, 0.3) is 0 Å². The lowest BCUT2D eigenvalue weighted by Gasteiger charge is -2.09. The maximum Gasteiger partial charge on any atom is 0.406 e. The lowest BCUT2D eigenvalue weighted by atomic mass is 10.1. The van der Waals surface area contributed by atoms with Crippen LogP contribution in [0.4, 0.5) is 4.79 Å². The molecule has 2 atom stereocenters. The third-order valence-electron chi connectivity index (χ3n) is 2.23. The van der Waals surface area contributed by atoms with Crippen LogP contribution in [0.1, 0.15) is 19.3 Å². The summed E-state index contributed by atoms with van der Waals surface area (Å²) in [6.07, 6.45) is 2.08. The first-order valence-corrected chi connectivity index (χ1v) is 4.22. The minimum Gasteiger partial charge on any atom is -0.453 e. The van der Waals surface area contributed by atoms with Gasteiger partial charge in [-0.15, -0.1) is 0 Å². The molecule has 0 aromatic rings. The summed E-state index contributed by atoms with van der Waals surface area (Å²) in [4.78, 5) is 10.7. The Bertz CT molecular complexity index is 160. The highest BCUT2D eigenvalue weighted by Gasteiger charge is 2.22. The molecule has 1 aliphatic rings. The van der Waals surface area contributed by atoms with E-state index in [2.05, 4.69) is 10.1 Å². The molecule has 12 heavy (non-hydrogen) atoms. The largest absolute Gasteiger partial charge is 0.453 e. The number of carbonyl (C=O) groups excluding carboxylic acids is 1. The van der Waals surface area contributed by atoms with Crippen LogP contribution in [0.5, 0.6) is 0 Å². The van der Waals surface area contributed by atoms with Crippen molar-refractivity contribution in [3.8, 4) is 0 Å². The van der Waals surface area contributed by atoms with E-state index in [0.717, 1.165) is 19.3 Å². The average molecular weight is 173 g/mol. The summed E-state index contributed by atoms with van der Waals surface area (Å²) in [5.74, 6) is 0.416. The van der Waals surface area contributed by atoms with E-state index in [1.807, 2.05) is 0 Å². The maximum absolute atomic E-state index is 10.7. The smallest absolute Gasteiger partial charge is 0.406 e. The first-order chi connectivity index (χ1) is 5.72. The van der Waals surface area contributed by atoms with Gasteiger partial charge in [-0.05, 0) is 25.2 Å². The Kier molecular flexibility index (Phi) is 3.34. The first kappa shape index (κ1) is 9.32. The van der Waals surface area contributed by atoms with Gasteiger partial charge in [-0.25, -0.2) is 4.79 Å². The summed E-state index contributed by atoms with van der Waals surface area (Å²) in [5.41, 5.74) is 0. The van der Waals surface area contributed by atoms with Gasteiger partial charge in [-0.1, -0.05) is 0 Å². The third-order valence-corrected chi connectivity index (χ3v) is 2.23. The topological polar surface area (TPSA) is 58.6 Å². The van der Waals surface area contributed by atoms with E-state index in [-0.39, 0.29) is 6.10 Å². The number of aliphatic hydroxyl groups is 1. The van der Waals surface area contributed by atoms with Crippen molar-refractivity contribution < 1.29 is 14.6 Å². The molecule has 70 valence electrons. The number of hydrogen-bond acceptors (Lipinski definition) is 3. The lowest BCUT2D eigenvalue weighted by molar-refractivity contribution is 0.164. The highest BCUT2D eigenvalue weighted by atomic mass is 16.5. The molecule has 2 N–H and O–H groups in total. The molecule has 1 fully saturated rings. The van der Waals surface area contributed by atoms with Crippen LogP contribution >= 0.6 is 0 Å². The van der Waals surface area contributed by atoms with Crippen molar-refractivity contribution in [1.82, 2.24) is 5.32 Å². The van der Waals surface area contributed by atoms with E-state index < -0.39 is 6.09 Å². The predicted molar refractivity (Wildman–Crippen MR) is 43.8 cm³/mol. The Morgan fingerprint density at radius 3 is 2.92 bits per heavy atom. The summed E-state index contributed by atoms with van der Waals surface area (Å²) < 4.78 is 4.42. The molecule has 0 aromatic carbocycles. The Morgan fingerprint density at radius 2 is 2.42 bits per heavy atom. The van der Waals surface area contributed by atoms with E-state index in [4.69, 9.17) is 0 Å². The minimum atomic E-state index is -0.392. The molecule has 0 heterocycles. The van der Waals surface area contributed by atoms with Crippen LogP contribution in [-0.2, 0) is 4.74 Å². The number of alkyl carbamates (subject to hydrolysis) is 1. The van der Waals surface area contributed by atoms with Gasteiger partial charge >= 0.3 is 6.09 Å². The number of nitrogens with one attached hydrogen (secondary N) is 1. The van der Waals surface area contributed by atoms with Crippen molar-refractivity contribution in [3.05, 3.63) is 0 Å². The molecular formula is C8H15NO3. The van der Waals surface area contributed by atoms with E-state index >= 15 is 0 Å². The van der Waals surface area contributed by atoms with Crippen molar-refractivity contribution in [2.24, 2.45) is 5.92 Å². The normalized spacial score (nSPS) is 28.5. The summed E-state index contributed by atoms with van der Waals surface area (Å²) in [5, 5.41) is 11.8. The Morgan fingerprint density at radius 1 is 1.67 bits per heavy atom. The average Bonchev–Trinajstić information content (AvgIpc) is 2.47. The lowest BCUT2D eigenvalue weighted by Crippen LogP contribution is -2.28. The standard InChI is InChI=1S/C8H15NO3/c1-12-8(11)9-5-6-2-3-7(10)4-6/h6-7,10H,2-5H2,1H3,(H,9,11). The monoisotopic (exact) mass is 173 g/mol. The molecule has 1 amide bonds. The number of aliphatic hydroxyl groups excluding tert-OH is 1. The molecule has 0 saturated heterocycles. The van der Waals surface area contributed by atoms with Gasteiger partial charge < -0.3 is 15.2 Å². The predicted octanol–water partition coefficient (Wildman–Crippen LogP) is 0.503. The summed E-state index contributed by atoms with van der Waals surface area (Å²) in [6.45, 7) is 0.615. The van der Waals surface area contributed by atoms with Crippen LogP contribution in [0.25, 0.3) is 0 Å². The highest BCUT2D eigenvalue weighted by molar-refractivity contribution is 5.66. The fraction of sp³-hybridized carbons (Fsp3) is 0.875. The molecule has 1 saturated carbocycles. The Balaban J connectivity index is 2.11. The van der Waals surface area contributed by atoms with Gasteiger partial charge in [0.2, 0.25) is 0 Å². The SMILES string of the molecule is COC(=O)NCC1CCC(O)C1. The molecule has 0 bridgehead atoms. The van der Waals surface area contributed by atoms with Crippen molar-refractivity contribution in [3.63, 3.8) is 0 Å². The molecule has 1 rings (SSSR count). The second-order valence-corrected chi connectivity index (χ2v) is 3.21. The second-order valence-electron chi connectivity index (χ2n) is 3.21. The van der Waals surface area contributed by atoms with E-state index in [1.165, 1.54) is 7.11 Å². The zero-order valence-electron chi connectivity index (χ0n) is 7.25. The second kappa shape index (κ2) is 4.30. The summed E-state index contributed by atoms with van der Waals surface area (Å²) >= 11 is 0. The zero-order valence-corrected chi connectivity index (χ0v) is 7.25. The Labute approximate surface area is 71.9 Å². The first-order valence-electron chi connectivity index (χ1n) is 4.22. The number of ether oxygens (including phenoxy) is 1. The van der Waals surface area contributed by atoms with E-state index in [1.54, 1.807) is 0 Å². The van der Waals surface area contributed by atoms with Crippen LogP contribution in [-0.4, -0.2) is 31.0 Å². The van der Waals surface area contributed by atoms with Crippen LogP contribution in [0.3, 0.4) is 0 Å². The zero-order chi connectivity index (χ0) is 8.97. The van der Waals surface area contributed by atoms with Gasteiger partial charge in [0.05, 0.1) is 13.2 Å². The molecule has 0 radical (unpaired) electrons. The van der Waals surface area contributed by atoms with Crippen molar-refractivity contribution in [2.75, 3.05) is 13.7 Å². The van der Waals surface area contributed by atoms with Crippen LogP contribution < -0.4 is 5.32 Å². The number of carbonyl (C=O) groups is 1. The van der Waals surface area contributed by atoms with Gasteiger partial charge in [-0.2, -0.15) is 0 Å². The van der Waals surface area contributed by atoms with Crippen LogP contribution in [0, 0.1) is 5.92 Å². The molecule has 4 heteroatoms. The van der Waals surface area contributed by atoms with Crippen molar-refractivity contribution in [1.29, 1.82) is 0 Å². The fourth-order valence-corrected chi connectivity index (χ4v) is 1.53. The molecule has 2 unspecified atom stereocenters. The number of rotatable bonds is 2. The van der Waals surface area contributed by atoms with Crippen LogP contribution in [0.2, 0.25) is 0 Å². The number of methoxy groups -OCH3 is 1. The molecular weight excluding hydrogens is 158 g/mol. The van der Waals surface area contributed by atoms with Gasteiger partial charge in [0.1, 0.15) is 0 Å².